The number of amides is 3. The monoisotopic (exact) mass is 485 g/mol. The number of carbonyl (C=O) groups excluding carboxylic acids is 3. The molecule has 0 radical (unpaired) electrons. The molecule has 1 aromatic rings. The van der Waals surface area contributed by atoms with Gasteiger partial charge < -0.3 is 20.5 Å². The van der Waals surface area contributed by atoms with Crippen molar-refractivity contribution in [3.05, 3.63) is 29.8 Å². The molecule has 8 nitrogen and oxygen atoms in total. The van der Waals surface area contributed by atoms with Crippen LogP contribution in [0.1, 0.15) is 84.7 Å². The number of nitrogens with one attached hydrogen (secondary N) is 2. The molecule has 0 aromatic heterocycles. The zero-order chi connectivity index (χ0) is 26.2. The van der Waals surface area contributed by atoms with Crippen molar-refractivity contribution in [3.8, 4) is 18.2 Å². The number of ether oxygens (including phenoxy) is 1. The average molecular weight is 486 g/mol. The van der Waals surface area contributed by atoms with E-state index in [0.29, 0.717) is 0 Å². The SMILES string of the molecule is C#CN(C(=O)C(CC(C)C)NC(=O)OC(C)(C)C)C(C(=O)NC1CCCCC1)c1ccccc1O. The summed E-state index contributed by atoms with van der Waals surface area (Å²) < 4.78 is 5.33. The molecule has 0 heterocycles. The minimum atomic E-state index is -1.26. The molecular formula is C27H39N3O5. The highest BCUT2D eigenvalue weighted by Gasteiger charge is 2.38. The van der Waals surface area contributed by atoms with Crippen LogP contribution >= 0.6 is 0 Å². The third kappa shape index (κ3) is 8.50. The number of para-hydroxylation sites is 1. The van der Waals surface area contributed by atoms with E-state index < -0.39 is 35.6 Å². The summed E-state index contributed by atoms with van der Waals surface area (Å²) in [5.41, 5.74) is -0.535. The number of rotatable bonds is 8. The lowest BCUT2D eigenvalue weighted by Crippen LogP contribution is -2.52. The van der Waals surface area contributed by atoms with Crippen LogP contribution in [0, 0.1) is 18.4 Å². The van der Waals surface area contributed by atoms with Gasteiger partial charge in [0.05, 0.1) is 0 Å². The second-order valence-electron chi connectivity index (χ2n) is 10.5. The van der Waals surface area contributed by atoms with Crippen molar-refractivity contribution in [1.82, 2.24) is 15.5 Å². The van der Waals surface area contributed by atoms with E-state index in [2.05, 4.69) is 16.7 Å². The molecule has 0 spiro atoms. The first-order valence-electron chi connectivity index (χ1n) is 12.3. The van der Waals surface area contributed by atoms with E-state index >= 15 is 0 Å². The number of carbonyl (C=O) groups is 3. The fourth-order valence-corrected chi connectivity index (χ4v) is 4.22. The highest BCUT2D eigenvalue weighted by Crippen LogP contribution is 2.30. The summed E-state index contributed by atoms with van der Waals surface area (Å²) in [4.78, 5) is 40.6. The smallest absolute Gasteiger partial charge is 0.408 e. The van der Waals surface area contributed by atoms with Crippen molar-refractivity contribution in [1.29, 1.82) is 0 Å². The van der Waals surface area contributed by atoms with Crippen LogP contribution in [0.5, 0.6) is 5.75 Å². The summed E-state index contributed by atoms with van der Waals surface area (Å²) in [5.74, 6) is -1.20. The standard InChI is InChI=1S/C27H39N3O5/c1-7-30(25(33)21(17-18(2)3)29-26(34)35-27(4,5)6)23(20-15-11-12-16-22(20)31)24(32)28-19-13-9-8-10-14-19/h1,11-12,15-16,18-19,21,23,31H,8-10,13-14,17H2,2-6H3,(H,28,32)(H,29,34). The Morgan fingerprint density at radius 3 is 2.34 bits per heavy atom. The molecule has 3 N–H and O–H groups in total. The molecule has 8 heteroatoms. The maximum absolute atomic E-state index is 13.7. The van der Waals surface area contributed by atoms with Crippen LogP contribution in [0.4, 0.5) is 4.79 Å². The molecule has 1 aliphatic carbocycles. The maximum Gasteiger partial charge on any atom is 0.408 e. The van der Waals surface area contributed by atoms with Crippen molar-refractivity contribution in [2.45, 2.75) is 96.9 Å². The summed E-state index contributed by atoms with van der Waals surface area (Å²) >= 11 is 0. The number of phenols is 1. The summed E-state index contributed by atoms with van der Waals surface area (Å²) in [6.45, 7) is 9.00. The van der Waals surface area contributed by atoms with E-state index in [-0.39, 0.29) is 29.7 Å². The van der Waals surface area contributed by atoms with E-state index in [1.165, 1.54) is 6.07 Å². The summed E-state index contributed by atoms with van der Waals surface area (Å²) in [6.07, 6.45) is 10.2. The van der Waals surface area contributed by atoms with Gasteiger partial charge in [0.1, 0.15) is 17.4 Å². The van der Waals surface area contributed by atoms with Gasteiger partial charge in [-0.25, -0.2) is 4.79 Å². The van der Waals surface area contributed by atoms with Crippen LogP contribution in [0.2, 0.25) is 0 Å². The molecule has 0 aliphatic heterocycles. The molecule has 192 valence electrons. The van der Waals surface area contributed by atoms with Crippen LogP contribution in [0.3, 0.4) is 0 Å². The highest BCUT2D eigenvalue weighted by molar-refractivity contribution is 5.93. The third-order valence-corrected chi connectivity index (χ3v) is 5.76. The zero-order valence-electron chi connectivity index (χ0n) is 21.5. The minimum absolute atomic E-state index is 0.0225. The number of aromatic hydroxyl groups is 1. The molecule has 0 bridgehead atoms. The van der Waals surface area contributed by atoms with Crippen LogP contribution in [0.25, 0.3) is 0 Å². The molecule has 35 heavy (non-hydrogen) atoms. The fourth-order valence-electron chi connectivity index (χ4n) is 4.22. The van der Waals surface area contributed by atoms with E-state index in [1.54, 1.807) is 39.0 Å². The lowest BCUT2D eigenvalue weighted by molar-refractivity contribution is -0.139. The van der Waals surface area contributed by atoms with Crippen LogP contribution in [-0.2, 0) is 14.3 Å². The van der Waals surface area contributed by atoms with Crippen molar-refractivity contribution in [2.24, 2.45) is 5.92 Å². The van der Waals surface area contributed by atoms with Gasteiger partial charge in [-0.15, -0.1) is 0 Å². The van der Waals surface area contributed by atoms with Gasteiger partial charge in [0.25, 0.3) is 5.91 Å². The Kier molecular flexibility index (Phi) is 10.00. The number of hydrogen-bond acceptors (Lipinski definition) is 5. The number of alkyl carbamates (subject to hydrolysis) is 1. The first-order valence-corrected chi connectivity index (χ1v) is 12.3. The van der Waals surface area contributed by atoms with Gasteiger partial charge in [-0.2, -0.15) is 0 Å². The molecule has 2 rings (SSSR count). The number of terminal acetylenes is 1. The number of phenolic OH excluding ortho intramolecular Hbond substituents is 1. The van der Waals surface area contributed by atoms with Crippen molar-refractivity contribution < 1.29 is 24.2 Å². The van der Waals surface area contributed by atoms with Crippen LogP contribution in [-0.4, -0.2) is 45.6 Å². The minimum Gasteiger partial charge on any atom is -0.508 e. The molecule has 0 saturated heterocycles. The molecule has 1 aliphatic rings. The Morgan fingerprint density at radius 1 is 1.17 bits per heavy atom. The lowest BCUT2D eigenvalue weighted by Gasteiger charge is -2.32. The van der Waals surface area contributed by atoms with E-state index in [9.17, 15) is 19.5 Å². The van der Waals surface area contributed by atoms with Crippen molar-refractivity contribution >= 4 is 17.9 Å². The second-order valence-corrected chi connectivity index (χ2v) is 10.5. The third-order valence-electron chi connectivity index (χ3n) is 5.76. The Morgan fingerprint density at radius 2 is 1.80 bits per heavy atom. The molecule has 1 aromatic carbocycles. The van der Waals surface area contributed by atoms with Gasteiger partial charge in [-0.1, -0.05) is 57.7 Å². The van der Waals surface area contributed by atoms with Crippen molar-refractivity contribution in [3.63, 3.8) is 0 Å². The molecule has 2 atom stereocenters. The topological polar surface area (TPSA) is 108 Å². The normalized spacial score (nSPS) is 16.0. The Balaban J connectivity index is 2.39. The fraction of sp³-hybridized carbons (Fsp3) is 0.593. The Hall–Kier alpha value is -3.21. The summed E-state index contributed by atoms with van der Waals surface area (Å²) in [7, 11) is 0. The number of nitrogens with zero attached hydrogens (tertiary/aromatic N) is 1. The first kappa shape index (κ1) is 28.0. The maximum atomic E-state index is 13.7. The average Bonchev–Trinajstić information content (AvgIpc) is 2.76. The largest absolute Gasteiger partial charge is 0.508 e. The first-order chi connectivity index (χ1) is 16.4. The lowest BCUT2D eigenvalue weighted by atomic mass is 9.94. The van der Waals surface area contributed by atoms with Gasteiger partial charge in [-0.3, -0.25) is 14.5 Å². The molecular weight excluding hydrogens is 446 g/mol. The van der Waals surface area contributed by atoms with Gasteiger partial charge in [0.15, 0.2) is 6.04 Å². The highest BCUT2D eigenvalue weighted by atomic mass is 16.6. The van der Waals surface area contributed by atoms with E-state index in [4.69, 9.17) is 11.2 Å². The van der Waals surface area contributed by atoms with Gasteiger partial charge in [0, 0.05) is 17.6 Å². The summed E-state index contributed by atoms with van der Waals surface area (Å²) in [6, 6.07) is 6.35. The van der Waals surface area contributed by atoms with Crippen molar-refractivity contribution in [2.75, 3.05) is 0 Å². The molecule has 1 fully saturated rings. The predicted octanol–water partition coefficient (Wildman–Crippen LogP) is 4.24. The molecule has 3 amide bonds. The zero-order valence-corrected chi connectivity index (χ0v) is 21.5. The number of benzene rings is 1. The predicted molar refractivity (Wildman–Crippen MR) is 134 cm³/mol. The van der Waals surface area contributed by atoms with Crippen LogP contribution < -0.4 is 10.6 Å². The quantitative estimate of drug-likeness (QED) is 0.377. The number of hydrogen-bond donors (Lipinski definition) is 3. The Labute approximate surface area is 208 Å². The summed E-state index contributed by atoms with van der Waals surface area (Å²) in [5, 5.41) is 16.2. The van der Waals surface area contributed by atoms with E-state index in [0.717, 1.165) is 37.0 Å². The van der Waals surface area contributed by atoms with Crippen LogP contribution in [0.15, 0.2) is 24.3 Å². The molecule has 1 saturated carbocycles. The second kappa shape index (κ2) is 12.5. The van der Waals surface area contributed by atoms with E-state index in [1.807, 2.05) is 13.8 Å². The molecule has 2 unspecified atom stereocenters. The van der Waals surface area contributed by atoms with Gasteiger partial charge in [0.2, 0.25) is 5.91 Å². The van der Waals surface area contributed by atoms with Gasteiger partial charge in [-0.05, 0) is 52.0 Å². The van der Waals surface area contributed by atoms with Gasteiger partial charge >= 0.3 is 6.09 Å². The Bertz CT molecular complexity index is 925.